The van der Waals surface area contributed by atoms with Gasteiger partial charge in [0.25, 0.3) is 5.91 Å². The molecule has 0 spiro atoms. The fourth-order valence-electron chi connectivity index (χ4n) is 3.14. The van der Waals surface area contributed by atoms with Crippen LogP contribution in [0.1, 0.15) is 37.6 Å². The Labute approximate surface area is 195 Å². The zero-order valence-electron chi connectivity index (χ0n) is 19.0. The molecule has 1 heterocycles. The Morgan fingerprint density at radius 2 is 1.82 bits per heavy atom. The van der Waals surface area contributed by atoms with E-state index in [9.17, 15) is 22.8 Å². The van der Waals surface area contributed by atoms with Crippen LogP contribution in [0.15, 0.2) is 24.3 Å². The highest BCUT2D eigenvalue weighted by atomic mass is 19.4. The predicted molar refractivity (Wildman–Crippen MR) is 115 cm³/mol. The molecule has 2 rings (SSSR count). The number of nitrogens with zero attached hydrogens (tertiary/aromatic N) is 1. The Balaban J connectivity index is 0.000000718. The van der Waals surface area contributed by atoms with Crippen LogP contribution in [-0.2, 0) is 9.59 Å². The van der Waals surface area contributed by atoms with Gasteiger partial charge in [-0.15, -0.1) is 5.92 Å². The van der Waals surface area contributed by atoms with Crippen molar-refractivity contribution >= 4 is 17.8 Å². The van der Waals surface area contributed by atoms with Crippen LogP contribution in [0.2, 0.25) is 0 Å². The van der Waals surface area contributed by atoms with E-state index in [1.54, 1.807) is 36.7 Å². The number of carboxylic acids is 1. The number of piperidine rings is 1. The van der Waals surface area contributed by atoms with E-state index in [0.29, 0.717) is 36.9 Å². The summed E-state index contributed by atoms with van der Waals surface area (Å²) in [4.78, 5) is 35.7. The molecule has 1 aliphatic rings. The summed E-state index contributed by atoms with van der Waals surface area (Å²) in [6.07, 6.45) is -4.51. The first-order chi connectivity index (χ1) is 15.9. The summed E-state index contributed by atoms with van der Waals surface area (Å²) in [5.74, 6) is 2.24. The Morgan fingerprint density at radius 1 is 1.24 bits per heavy atom. The minimum atomic E-state index is -5.08. The number of alkyl halides is 3. The molecule has 1 aromatic carbocycles. The zero-order valence-corrected chi connectivity index (χ0v) is 19.0. The molecule has 1 fully saturated rings. The highest BCUT2D eigenvalue weighted by Crippen LogP contribution is 2.21. The number of hydroxylamine groups is 1. The maximum absolute atomic E-state index is 12.6. The number of hydrogen-bond acceptors (Lipinski definition) is 6. The summed E-state index contributed by atoms with van der Waals surface area (Å²) < 4.78 is 37.2. The van der Waals surface area contributed by atoms with Crippen LogP contribution in [0.3, 0.4) is 0 Å². The standard InChI is InChI=1S/C20H27N3O4.C2HF3O2/c1-4-5-12-27-16-8-6-15(7-9-16)19(24)21-18-13-23(14(2)3)11-10-17(18)20(25)22-26;3-2(4,5)1(6)7/h6-9,14,17-18,26H,10-13H2,1-3H3,(H,21,24)(H,22,25);(H,6,7)/t17-,18+;/m0./s1. The molecule has 0 aromatic heterocycles. The number of rotatable bonds is 6. The van der Waals surface area contributed by atoms with Gasteiger partial charge in [-0.3, -0.25) is 19.7 Å². The van der Waals surface area contributed by atoms with Gasteiger partial charge in [-0.25, -0.2) is 10.3 Å². The van der Waals surface area contributed by atoms with Crippen LogP contribution in [0.4, 0.5) is 13.2 Å². The van der Waals surface area contributed by atoms with Crippen molar-refractivity contribution in [3.63, 3.8) is 0 Å². The number of halogens is 3. The third-order valence-corrected chi connectivity index (χ3v) is 4.98. The summed E-state index contributed by atoms with van der Waals surface area (Å²) in [6.45, 7) is 7.49. The Bertz CT molecular complexity index is 894. The maximum atomic E-state index is 12.6. The number of amides is 2. The first kappa shape index (κ1) is 28.7. The summed E-state index contributed by atoms with van der Waals surface area (Å²) in [7, 11) is 0. The predicted octanol–water partition coefficient (Wildman–Crippen LogP) is 2.06. The van der Waals surface area contributed by atoms with Crippen molar-refractivity contribution < 1.29 is 42.6 Å². The van der Waals surface area contributed by atoms with Gasteiger partial charge >= 0.3 is 12.1 Å². The quantitative estimate of drug-likeness (QED) is 0.275. The van der Waals surface area contributed by atoms with Crippen molar-refractivity contribution in [3.8, 4) is 17.6 Å². The molecular weight excluding hydrogens is 459 g/mol. The molecule has 0 aliphatic carbocycles. The molecule has 0 unspecified atom stereocenters. The lowest BCUT2D eigenvalue weighted by Crippen LogP contribution is -2.57. The van der Waals surface area contributed by atoms with Crippen LogP contribution in [0.25, 0.3) is 0 Å². The SMILES string of the molecule is CC#CCOc1ccc(C(=O)N[C@@H]2CN(C(C)C)CC[C@@H]2C(=O)NO)cc1.O=C(O)C(F)(F)F. The van der Waals surface area contributed by atoms with Crippen molar-refractivity contribution in [2.75, 3.05) is 19.7 Å². The molecule has 4 N–H and O–H groups in total. The molecule has 0 bridgehead atoms. The van der Waals surface area contributed by atoms with Gasteiger partial charge in [0.15, 0.2) is 0 Å². The normalized spacial score (nSPS) is 18.0. The summed E-state index contributed by atoms with van der Waals surface area (Å²) >= 11 is 0. The smallest absolute Gasteiger partial charge is 0.481 e. The van der Waals surface area contributed by atoms with Gasteiger partial charge < -0.3 is 15.2 Å². The van der Waals surface area contributed by atoms with Gasteiger partial charge in [0, 0.05) is 18.2 Å². The number of carboxylic acid groups (broad SMARTS) is 1. The average Bonchev–Trinajstić information content (AvgIpc) is 2.78. The molecule has 1 aliphatic heterocycles. The molecule has 2 atom stereocenters. The van der Waals surface area contributed by atoms with Crippen LogP contribution in [-0.4, -0.2) is 71.0 Å². The van der Waals surface area contributed by atoms with Gasteiger partial charge in [0.2, 0.25) is 5.91 Å². The molecule has 9 nitrogen and oxygen atoms in total. The van der Waals surface area contributed by atoms with E-state index >= 15 is 0 Å². The van der Waals surface area contributed by atoms with Gasteiger partial charge in [-0.05, 0) is 58.0 Å². The lowest BCUT2D eigenvalue weighted by atomic mass is 9.90. The van der Waals surface area contributed by atoms with E-state index < -0.39 is 24.0 Å². The van der Waals surface area contributed by atoms with E-state index in [4.69, 9.17) is 19.8 Å². The topological polar surface area (TPSA) is 128 Å². The molecule has 0 saturated carbocycles. The summed E-state index contributed by atoms with van der Waals surface area (Å²) in [5.41, 5.74) is 2.20. The largest absolute Gasteiger partial charge is 0.490 e. The van der Waals surface area contributed by atoms with Gasteiger partial charge in [0.1, 0.15) is 12.4 Å². The monoisotopic (exact) mass is 487 g/mol. The fraction of sp³-hybridized carbons (Fsp3) is 0.500. The average molecular weight is 487 g/mol. The van der Waals surface area contributed by atoms with Gasteiger partial charge in [0.05, 0.1) is 12.0 Å². The third kappa shape index (κ3) is 9.29. The van der Waals surface area contributed by atoms with Crippen molar-refractivity contribution in [3.05, 3.63) is 29.8 Å². The van der Waals surface area contributed by atoms with E-state index in [1.807, 2.05) is 0 Å². The number of hydrogen-bond donors (Lipinski definition) is 4. The highest BCUT2D eigenvalue weighted by Gasteiger charge is 2.38. The number of benzene rings is 1. The van der Waals surface area contributed by atoms with E-state index in [-0.39, 0.29) is 11.9 Å². The molecule has 12 heteroatoms. The second kappa shape index (κ2) is 13.4. The minimum absolute atomic E-state index is 0.263. The van der Waals surface area contributed by atoms with Crippen molar-refractivity contribution in [2.24, 2.45) is 5.92 Å². The molecule has 188 valence electrons. The van der Waals surface area contributed by atoms with E-state index in [0.717, 1.165) is 6.54 Å². The third-order valence-electron chi connectivity index (χ3n) is 4.98. The van der Waals surface area contributed by atoms with Crippen LogP contribution in [0.5, 0.6) is 5.75 Å². The van der Waals surface area contributed by atoms with Crippen LogP contribution >= 0.6 is 0 Å². The lowest BCUT2D eigenvalue weighted by Gasteiger charge is -2.39. The number of carbonyl (C=O) groups excluding carboxylic acids is 2. The molecule has 34 heavy (non-hydrogen) atoms. The number of likely N-dealkylation sites (tertiary alicyclic amines) is 1. The van der Waals surface area contributed by atoms with Crippen LogP contribution in [0, 0.1) is 17.8 Å². The van der Waals surface area contributed by atoms with Crippen LogP contribution < -0.4 is 15.5 Å². The molecular formula is C22H28F3N3O6. The molecule has 0 radical (unpaired) electrons. The zero-order chi connectivity index (χ0) is 25.9. The summed E-state index contributed by atoms with van der Waals surface area (Å²) in [5, 5.41) is 19.1. The Kier molecular flexibility index (Phi) is 11.3. The van der Waals surface area contributed by atoms with Gasteiger partial charge in [-0.2, -0.15) is 13.2 Å². The second-order valence-corrected chi connectivity index (χ2v) is 7.58. The Morgan fingerprint density at radius 3 is 2.29 bits per heavy atom. The van der Waals surface area contributed by atoms with E-state index in [1.165, 1.54) is 0 Å². The maximum Gasteiger partial charge on any atom is 0.490 e. The summed E-state index contributed by atoms with van der Waals surface area (Å²) in [6, 6.07) is 6.71. The first-order valence-electron chi connectivity index (χ1n) is 10.3. The highest BCUT2D eigenvalue weighted by molar-refractivity contribution is 5.95. The first-order valence-corrected chi connectivity index (χ1v) is 10.3. The van der Waals surface area contributed by atoms with Crippen molar-refractivity contribution in [1.82, 2.24) is 15.7 Å². The minimum Gasteiger partial charge on any atom is -0.481 e. The number of nitrogens with one attached hydrogen (secondary N) is 2. The van der Waals surface area contributed by atoms with Gasteiger partial charge in [-0.1, -0.05) is 5.92 Å². The number of ether oxygens (including phenoxy) is 1. The molecule has 1 saturated heterocycles. The van der Waals surface area contributed by atoms with Crippen molar-refractivity contribution in [2.45, 2.75) is 45.5 Å². The lowest BCUT2D eigenvalue weighted by molar-refractivity contribution is -0.192. The van der Waals surface area contributed by atoms with Crippen molar-refractivity contribution in [1.29, 1.82) is 0 Å². The molecule has 1 aromatic rings. The number of carbonyl (C=O) groups is 3. The fourth-order valence-corrected chi connectivity index (χ4v) is 3.14. The number of aliphatic carboxylic acids is 1. The van der Waals surface area contributed by atoms with E-state index in [2.05, 4.69) is 35.9 Å². The Hall–Kier alpha value is -3.30. The molecule has 2 amide bonds. The second-order valence-electron chi connectivity index (χ2n) is 7.58.